The lowest BCUT2D eigenvalue weighted by Crippen LogP contribution is -2.32. The third-order valence-electron chi connectivity index (χ3n) is 5.29. The SMILES string of the molecule is N#Cc1c(NC(=O)C(=O)N/N=C/c2ccccc2OCc2cccc(Br)c2)sc2c1CCCC2. The molecule has 1 aliphatic carbocycles. The van der Waals surface area contributed by atoms with Gasteiger partial charge in [-0.3, -0.25) is 9.59 Å². The quantitative estimate of drug-likeness (QED) is 0.264. The monoisotopic (exact) mass is 536 g/mol. The number of halogens is 1. The van der Waals surface area contributed by atoms with E-state index in [0.717, 1.165) is 46.2 Å². The van der Waals surface area contributed by atoms with Gasteiger partial charge in [-0.1, -0.05) is 40.2 Å². The molecule has 0 spiro atoms. The van der Waals surface area contributed by atoms with E-state index < -0.39 is 11.8 Å². The third kappa shape index (κ3) is 5.71. The molecule has 4 rings (SSSR count). The first-order valence-corrected chi connectivity index (χ1v) is 12.3. The molecule has 7 nitrogen and oxygen atoms in total. The van der Waals surface area contributed by atoms with Crippen molar-refractivity contribution in [3.05, 3.63) is 80.1 Å². The summed E-state index contributed by atoms with van der Waals surface area (Å²) in [5.74, 6) is -1.20. The van der Waals surface area contributed by atoms with Crippen LogP contribution in [0.25, 0.3) is 0 Å². The zero-order valence-electron chi connectivity index (χ0n) is 18.1. The van der Waals surface area contributed by atoms with Gasteiger partial charge in [0.15, 0.2) is 0 Å². The summed E-state index contributed by atoms with van der Waals surface area (Å²) >= 11 is 4.81. The first kappa shape index (κ1) is 23.7. The molecule has 0 atom stereocenters. The molecule has 9 heteroatoms. The summed E-state index contributed by atoms with van der Waals surface area (Å²) in [6.45, 7) is 0.366. The smallest absolute Gasteiger partial charge is 0.329 e. The minimum absolute atomic E-state index is 0.366. The van der Waals surface area contributed by atoms with Crippen LogP contribution >= 0.6 is 27.3 Å². The number of fused-ring (bicyclic) bond motifs is 1. The fourth-order valence-corrected chi connectivity index (χ4v) is 5.33. The largest absolute Gasteiger partial charge is 0.488 e. The molecule has 0 unspecified atom stereocenters. The Hall–Kier alpha value is -3.48. The van der Waals surface area contributed by atoms with Gasteiger partial charge in [-0.15, -0.1) is 11.3 Å². The van der Waals surface area contributed by atoms with Gasteiger partial charge in [-0.2, -0.15) is 10.4 Å². The molecule has 2 N–H and O–H groups in total. The summed E-state index contributed by atoms with van der Waals surface area (Å²) in [5.41, 5.74) is 5.34. The number of thiophene rings is 1. The van der Waals surface area contributed by atoms with Crippen molar-refractivity contribution in [2.24, 2.45) is 5.10 Å². The maximum Gasteiger partial charge on any atom is 0.329 e. The van der Waals surface area contributed by atoms with E-state index in [0.29, 0.717) is 28.5 Å². The van der Waals surface area contributed by atoms with E-state index in [4.69, 9.17) is 4.74 Å². The minimum atomic E-state index is -0.918. The van der Waals surface area contributed by atoms with E-state index in [2.05, 4.69) is 37.8 Å². The van der Waals surface area contributed by atoms with Crippen molar-refractivity contribution >= 4 is 50.3 Å². The summed E-state index contributed by atoms with van der Waals surface area (Å²) < 4.78 is 6.86. The number of benzene rings is 2. The number of nitriles is 1. The molecular formula is C25H21BrN4O3S. The normalized spacial score (nSPS) is 12.6. The van der Waals surface area contributed by atoms with Crippen LogP contribution in [0.3, 0.4) is 0 Å². The average Bonchev–Trinajstić information content (AvgIpc) is 3.20. The molecule has 1 aromatic heterocycles. The van der Waals surface area contributed by atoms with Crippen LogP contribution in [-0.2, 0) is 29.0 Å². The number of anilines is 1. The fourth-order valence-electron chi connectivity index (χ4n) is 3.65. The highest BCUT2D eigenvalue weighted by Crippen LogP contribution is 2.37. The highest BCUT2D eigenvalue weighted by Gasteiger charge is 2.23. The Morgan fingerprint density at radius 2 is 1.97 bits per heavy atom. The molecule has 2 amide bonds. The Morgan fingerprint density at radius 1 is 1.15 bits per heavy atom. The second-order valence-corrected chi connectivity index (χ2v) is 9.66. The number of carbonyl (C=O) groups is 2. The lowest BCUT2D eigenvalue weighted by Gasteiger charge is -2.09. The van der Waals surface area contributed by atoms with E-state index >= 15 is 0 Å². The van der Waals surface area contributed by atoms with Crippen molar-refractivity contribution in [1.29, 1.82) is 5.26 Å². The van der Waals surface area contributed by atoms with Crippen molar-refractivity contribution in [2.75, 3.05) is 5.32 Å². The predicted octanol–water partition coefficient (Wildman–Crippen LogP) is 4.93. The van der Waals surface area contributed by atoms with Crippen molar-refractivity contribution < 1.29 is 14.3 Å². The summed E-state index contributed by atoms with van der Waals surface area (Å²) in [7, 11) is 0. The molecule has 2 aromatic carbocycles. The lowest BCUT2D eigenvalue weighted by molar-refractivity contribution is -0.136. The molecule has 1 aliphatic rings. The van der Waals surface area contributed by atoms with Crippen LogP contribution in [0.15, 0.2) is 58.1 Å². The van der Waals surface area contributed by atoms with Crippen molar-refractivity contribution in [3.63, 3.8) is 0 Å². The summed E-state index contributed by atoms with van der Waals surface area (Å²) in [6.07, 6.45) is 5.23. The Balaban J connectivity index is 1.36. The number of carbonyl (C=O) groups excluding carboxylic acids is 2. The zero-order valence-corrected chi connectivity index (χ0v) is 20.5. The van der Waals surface area contributed by atoms with Gasteiger partial charge in [-0.05, 0) is 61.1 Å². The number of hydrogen-bond donors (Lipinski definition) is 2. The number of hydrazone groups is 1. The number of rotatable bonds is 6. The van der Waals surface area contributed by atoms with Crippen LogP contribution in [0.2, 0.25) is 0 Å². The minimum Gasteiger partial charge on any atom is -0.488 e. The van der Waals surface area contributed by atoms with Gasteiger partial charge in [0.05, 0.1) is 11.8 Å². The highest BCUT2D eigenvalue weighted by molar-refractivity contribution is 9.10. The molecule has 0 fully saturated rings. The maximum atomic E-state index is 12.4. The Bertz CT molecular complexity index is 1300. The van der Waals surface area contributed by atoms with Gasteiger partial charge < -0.3 is 10.1 Å². The van der Waals surface area contributed by atoms with E-state index in [1.807, 2.05) is 36.4 Å². The molecule has 0 radical (unpaired) electrons. The van der Waals surface area contributed by atoms with Gasteiger partial charge in [0, 0.05) is 14.9 Å². The first-order chi connectivity index (χ1) is 16.5. The second kappa shape index (κ2) is 11.1. The number of nitrogens with zero attached hydrogens (tertiary/aromatic N) is 2. The molecule has 1 heterocycles. The fraction of sp³-hybridized carbons (Fsp3) is 0.200. The van der Waals surface area contributed by atoms with Crippen molar-refractivity contribution in [2.45, 2.75) is 32.3 Å². The molecule has 172 valence electrons. The van der Waals surface area contributed by atoms with Crippen LogP contribution < -0.4 is 15.5 Å². The van der Waals surface area contributed by atoms with E-state index in [9.17, 15) is 14.9 Å². The molecular weight excluding hydrogens is 516 g/mol. The Kier molecular flexibility index (Phi) is 7.72. The number of nitrogens with one attached hydrogen (secondary N) is 2. The Labute approximate surface area is 209 Å². The topological polar surface area (TPSA) is 104 Å². The second-order valence-electron chi connectivity index (χ2n) is 7.64. The lowest BCUT2D eigenvalue weighted by atomic mass is 9.96. The van der Waals surface area contributed by atoms with Crippen LogP contribution in [0, 0.1) is 11.3 Å². The van der Waals surface area contributed by atoms with E-state index in [1.54, 1.807) is 12.1 Å². The predicted molar refractivity (Wildman–Crippen MR) is 135 cm³/mol. The van der Waals surface area contributed by atoms with Crippen molar-refractivity contribution in [3.8, 4) is 11.8 Å². The van der Waals surface area contributed by atoms with Gasteiger partial charge in [0.25, 0.3) is 0 Å². The van der Waals surface area contributed by atoms with Crippen LogP contribution in [0.4, 0.5) is 5.00 Å². The number of aryl methyl sites for hydroxylation is 1. The molecule has 3 aromatic rings. The summed E-state index contributed by atoms with van der Waals surface area (Å²) in [4.78, 5) is 25.7. The number of para-hydroxylation sites is 1. The summed E-state index contributed by atoms with van der Waals surface area (Å²) in [6, 6.07) is 17.2. The zero-order chi connectivity index (χ0) is 23.9. The first-order valence-electron chi connectivity index (χ1n) is 10.7. The van der Waals surface area contributed by atoms with E-state index in [1.165, 1.54) is 17.6 Å². The van der Waals surface area contributed by atoms with Gasteiger partial charge in [0.2, 0.25) is 0 Å². The van der Waals surface area contributed by atoms with Crippen LogP contribution in [-0.4, -0.2) is 18.0 Å². The number of ether oxygens (including phenoxy) is 1. The molecule has 34 heavy (non-hydrogen) atoms. The molecule has 0 saturated carbocycles. The number of hydrogen-bond acceptors (Lipinski definition) is 6. The van der Waals surface area contributed by atoms with Gasteiger partial charge >= 0.3 is 11.8 Å². The molecule has 0 aliphatic heterocycles. The van der Waals surface area contributed by atoms with Crippen molar-refractivity contribution in [1.82, 2.24) is 5.43 Å². The van der Waals surface area contributed by atoms with Gasteiger partial charge in [0.1, 0.15) is 23.4 Å². The Morgan fingerprint density at radius 3 is 2.79 bits per heavy atom. The maximum absolute atomic E-state index is 12.4. The third-order valence-corrected chi connectivity index (χ3v) is 6.99. The van der Waals surface area contributed by atoms with Crippen LogP contribution in [0.5, 0.6) is 5.75 Å². The van der Waals surface area contributed by atoms with Gasteiger partial charge in [-0.25, -0.2) is 5.43 Å². The van der Waals surface area contributed by atoms with Crippen LogP contribution in [0.1, 0.15) is 40.0 Å². The number of amides is 2. The molecule has 0 bridgehead atoms. The van der Waals surface area contributed by atoms with E-state index in [-0.39, 0.29) is 0 Å². The highest BCUT2D eigenvalue weighted by atomic mass is 79.9. The standard InChI is InChI=1S/C25H21BrN4O3S/c26-18-8-5-6-16(12-18)15-33-21-10-3-1-7-17(21)14-28-30-24(32)23(31)29-25-20(13-27)19-9-2-4-11-22(19)34-25/h1,3,5-8,10,12,14H,2,4,9,11,15H2,(H,29,31)(H,30,32)/b28-14+. The summed E-state index contributed by atoms with van der Waals surface area (Å²) in [5, 5.41) is 16.4. The molecule has 0 saturated heterocycles. The average molecular weight is 537 g/mol.